The van der Waals surface area contributed by atoms with E-state index < -0.39 is 0 Å². The molecule has 1 heterocycles. The third kappa shape index (κ3) is 3.23. The van der Waals surface area contributed by atoms with Gasteiger partial charge in [-0.1, -0.05) is 13.8 Å². The number of aromatic nitrogens is 2. The molecule has 1 N–H and O–H groups in total. The Hall–Kier alpha value is -2.32. The van der Waals surface area contributed by atoms with Gasteiger partial charge < -0.3 is 9.84 Å². The maximum absolute atomic E-state index is 9.13. The Bertz CT molecular complexity index is 639. The molecule has 0 spiro atoms. The molecule has 0 bridgehead atoms. The minimum absolute atomic E-state index is 0.0497. The average Bonchev–Trinajstić information content (AvgIpc) is 2.85. The van der Waals surface area contributed by atoms with E-state index in [1.54, 1.807) is 28.9 Å². The fraction of sp³-hybridized carbons (Fsp3) is 0.375. The number of aryl methyl sites for hydroxylation is 1. The summed E-state index contributed by atoms with van der Waals surface area (Å²) in [6, 6.07) is 9.10. The second-order valence-corrected chi connectivity index (χ2v) is 4.61. The Balaban J connectivity index is 2.34. The van der Waals surface area contributed by atoms with Crippen LogP contribution in [0.15, 0.2) is 24.3 Å². The largest absolute Gasteiger partial charge is 0.453 e. The summed E-state index contributed by atoms with van der Waals surface area (Å²) in [7, 11) is 0. The van der Waals surface area contributed by atoms with E-state index in [9.17, 15) is 0 Å². The minimum atomic E-state index is 0.0497. The number of hydrogen-bond acceptors (Lipinski definition) is 4. The van der Waals surface area contributed by atoms with Gasteiger partial charge in [-0.25, -0.2) is 0 Å². The maximum atomic E-state index is 9.13. The fourth-order valence-corrected chi connectivity index (χ4v) is 2.22. The molecule has 0 radical (unpaired) electrons. The van der Waals surface area contributed by atoms with Crippen molar-refractivity contribution < 1.29 is 9.84 Å². The summed E-state index contributed by atoms with van der Waals surface area (Å²) >= 11 is 0. The van der Waals surface area contributed by atoms with Crippen LogP contribution in [0.3, 0.4) is 0 Å². The van der Waals surface area contributed by atoms with E-state index in [0.717, 1.165) is 30.0 Å². The molecule has 0 aliphatic rings. The third-order valence-corrected chi connectivity index (χ3v) is 3.26. The SMILES string of the molecule is CCc1nn(CCO)c(CC)c1Oc1ccc(C#N)cc1. The predicted molar refractivity (Wildman–Crippen MR) is 79.3 cm³/mol. The lowest BCUT2D eigenvalue weighted by molar-refractivity contribution is 0.267. The molecule has 1 aromatic heterocycles. The number of aliphatic hydroxyl groups excluding tert-OH is 1. The van der Waals surface area contributed by atoms with Crippen LogP contribution in [0.5, 0.6) is 11.5 Å². The minimum Gasteiger partial charge on any atom is -0.453 e. The van der Waals surface area contributed by atoms with Crippen LogP contribution < -0.4 is 4.74 Å². The highest BCUT2D eigenvalue weighted by Crippen LogP contribution is 2.30. The van der Waals surface area contributed by atoms with Gasteiger partial charge in [0.2, 0.25) is 0 Å². The molecule has 0 aliphatic heterocycles. The van der Waals surface area contributed by atoms with Crippen molar-refractivity contribution in [2.75, 3.05) is 6.61 Å². The summed E-state index contributed by atoms with van der Waals surface area (Å²) in [6.07, 6.45) is 1.54. The quantitative estimate of drug-likeness (QED) is 0.885. The van der Waals surface area contributed by atoms with E-state index in [1.807, 2.05) is 13.8 Å². The molecule has 0 saturated carbocycles. The van der Waals surface area contributed by atoms with Gasteiger partial charge in [0, 0.05) is 0 Å². The van der Waals surface area contributed by atoms with Gasteiger partial charge >= 0.3 is 0 Å². The Morgan fingerprint density at radius 1 is 1.24 bits per heavy atom. The standard InChI is InChI=1S/C16H19N3O2/c1-3-14-16(15(4-2)19(18-14)9-10-20)21-13-7-5-12(11-17)6-8-13/h5-8,20H,3-4,9-10H2,1-2H3. The van der Waals surface area contributed by atoms with Gasteiger partial charge in [-0.15, -0.1) is 0 Å². The van der Waals surface area contributed by atoms with E-state index in [-0.39, 0.29) is 6.61 Å². The zero-order valence-corrected chi connectivity index (χ0v) is 12.3. The van der Waals surface area contributed by atoms with Gasteiger partial charge in [0.1, 0.15) is 11.4 Å². The molecule has 110 valence electrons. The normalized spacial score (nSPS) is 10.4. The van der Waals surface area contributed by atoms with E-state index in [4.69, 9.17) is 15.1 Å². The van der Waals surface area contributed by atoms with E-state index in [0.29, 0.717) is 17.9 Å². The monoisotopic (exact) mass is 285 g/mol. The molecule has 0 amide bonds. The number of nitriles is 1. The van der Waals surface area contributed by atoms with Crippen LogP contribution >= 0.6 is 0 Å². The first-order valence-corrected chi connectivity index (χ1v) is 7.10. The van der Waals surface area contributed by atoms with Gasteiger partial charge in [0.05, 0.1) is 30.5 Å². The molecular formula is C16H19N3O2. The number of benzene rings is 1. The molecule has 0 atom stereocenters. The molecular weight excluding hydrogens is 266 g/mol. The lowest BCUT2D eigenvalue weighted by atomic mass is 10.2. The molecule has 0 unspecified atom stereocenters. The van der Waals surface area contributed by atoms with Gasteiger partial charge in [-0.3, -0.25) is 4.68 Å². The van der Waals surface area contributed by atoms with Crippen molar-refractivity contribution in [3.8, 4) is 17.6 Å². The lowest BCUT2D eigenvalue weighted by Crippen LogP contribution is -2.07. The molecule has 2 aromatic rings. The summed E-state index contributed by atoms with van der Waals surface area (Å²) in [4.78, 5) is 0. The number of rotatable bonds is 6. The fourth-order valence-electron chi connectivity index (χ4n) is 2.22. The van der Waals surface area contributed by atoms with Gasteiger partial charge in [0.25, 0.3) is 0 Å². The number of ether oxygens (including phenoxy) is 1. The van der Waals surface area contributed by atoms with Crippen LogP contribution in [0, 0.1) is 11.3 Å². The van der Waals surface area contributed by atoms with Crippen molar-refractivity contribution in [2.24, 2.45) is 0 Å². The molecule has 0 fully saturated rings. The van der Waals surface area contributed by atoms with Crippen LogP contribution in [-0.2, 0) is 19.4 Å². The Labute approximate surface area is 124 Å². The number of nitrogens with zero attached hydrogens (tertiary/aromatic N) is 3. The van der Waals surface area contributed by atoms with Crippen LogP contribution in [0.2, 0.25) is 0 Å². The predicted octanol–water partition coefficient (Wildman–Crippen LogP) is 2.66. The second kappa shape index (κ2) is 6.91. The Kier molecular flexibility index (Phi) is 4.96. The zero-order valence-electron chi connectivity index (χ0n) is 12.3. The van der Waals surface area contributed by atoms with E-state index >= 15 is 0 Å². The van der Waals surface area contributed by atoms with E-state index in [2.05, 4.69) is 11.2 Å². The summed E-state index contributed by atoms with van der Waals surface area (Å²) in [5, 5.41) is 22.4. The molecule has 21 heavy (non-hydrogen) atoms. The first-order valence-electron chi connectivity index (χ1n) is 7.10. The Morgan fingerprint density at radius 3 is 2.48 bits per heavy atom. The smallest absolute Gasteiger partial charge is 0.171 e. The molecule has 5 heteroatoms. The zero-order chi connectivity index (χ0) is 15.2. The van der Waals surface area contributed by atoms with Crippen molar-refractivity contribution in [1.29, 1.82) is 5.26 Å². The van der Waals surface area contributed by atoms with Crippen molar-refractivity contribution >= 4 is 0 Å². The first-order chi connectivity index (χ1) is 10.2. The van der Waals surface area contributed by atoms with Crippen molar-refractivity contribution in [1.82, 2.24) is 9.78 Å². The van der Waals surface area contributed by atoms with Gasteiger partial charge in [0.15, 0.2) is 5.75 Å². The highest BCUT2D eigenvalue weighted by molar-refractivity contribution is 5.41. The van der Waals surface area contributed by atoms with Crippen LogP contribution in [0.25, 0.3) is 0 Å². The lowest BCUT2D eigenvalue weighted by Gasteiger charge is -2.08. The van der Waals surface area contributed by atoms with Crippen LogP contribution in [0.1, 0.15) is 30.8 Å². The van der Waals surface area contributed by atoms with Crippen molar-refractivity contribution in [2.45, 2.75) is 33.2 Å². The van der Waals surface area contributed by atoms with Crippen LogP contribution in [0.4, 0.5) is 0 Å². The highest BCUT2D eigenvalue weighted by atomic mass is 16.5. The summed E-state index contributed by atoms with van der Waals surface area (Å²) < 4.78 is 7.78. The van der Waals surface area contributed by atoms with Crippen molar-refractivity contribution in [3.63, 3.8) is 0 Å². The molecule has 1 aromatic carbocycles. The Morgan fingerprint density at radius 2 is 1.95 bits per heavy atom. The topological polar surface area (TPSA) is 71.1 Å². The average molecular weight is 285 g/mol. The molecule has 2 rings (SSSR count). The first kappa shape index (κ1) is 15.1. The van der Waals surface area contributed by atoms with Crippen LogP contribution in [-0.4, -0.2) is 21.5 Å². The molecule has 0 saturated heterocycles. The van der Waals surface area contributed by atoms with Gasteiger partial charge in [-0.2, -0.15) is 10.4 Å². The summed E-state index contributed by atoms with van der Waals surface area (Å²) in [6.45, 7) is 4.58. The summed E-state index contributed by atoms with van der Waals surface area (Å²) in [5.74, 6) is 1.44. The highest BCUT2D eigenvalue weighted by Gasteiger charge is 2.17. The second-order valence-electron chi connectivity index (χ2n) is 4.61. The van der Waals surface area contributed by atoms with E-state index in [1.165, 1.54) is 0 Å². The molecule has 0 aliphatic carbocycles. The third-order valence-electron chi connectivity index (χ3n) is 3.26. The van der Waals surface area contributed by atoms with Gasteiger partial charge in [-0.05, 0) is 37.1 Å². The molecule has 5 nitrogen and oxygen atoms in total. The van der Waals surface area contributed by atoms with Crippen molar-refractivity contribution in [3.05, 3.63) is 41.2 Å². The maximum Gasteiger partial charge on any atom is 0.171 e. The summed E-state index contributed by atoms with van der Waals surface area (Å²) in [5.41, 5.74) is 2.46. The number of hydrogen-bond donors (Lipinski definition) is 1. The number of aliphatic hydroxyl groups is 1.